The van der Waals surface area contributed by atoms with Gasteiger partial charge in [-0.05, 0) is 42.7 Å². The summed E-state index contributed by atoms with van der Waals surface area (Å²) >= 11 is 0. The molecular formula is C25H30N6O2. The second-order valence-corrected chi connectivity index (χ2v) is 9.45. The van der Waals surface area contributed by atoms with Crippen LogP contribution >= 0.6 is 0 Å². The van der Waals surface area contributed by atoms with Crippen molar-refractivity contribution in [1.29, 1.82) is 0 Å². The summed E-state index contributed by atoms with van der Waals surface area (Å²) in [6, 6.07) is 8.95. The lowest BCUT2D eigenvalue weighted by molar-refractivity contribution is -0.129. The van der Waals surface area contributed by atoms with E-state index in [-0.39, 0.29) is 18.0 Å². The number of morpholine rings is 1. The summed E-state index contributed by atoms with van der Waals surface area (Å²) in [7, 11) is 0. The monoisotopic (exact) mass is 446 g/mol. The number of amides is 1. The molecule has 3 fully saturated rings. The molecule has 6 rings (SSSR count). The standard InChI is InChI=1S/C25H30N6O2/c1-18-2-3-23-27-20(16-30(23)14-18)17-31-21-5-7-29(22(21)13-25(31)32)15-19-4-6-26-24(12-19)28-8-10-33-11-9-28/h2-4,6,12,14,16,21-22H,5,7-11,13,15,17H2,1H3/t21-,22-/m0/s1. The third-order valence-electron chi connectivity index (χ3n) is 7.24. The van der Waals surface area contributed by atoms with Gasteiger partial charge in [-0.3, -0.25) is 9.69 Å². The average Bonchev–Trinajstić information content (AvgIpc) is 3.49. The highest BCUT2D eigenvalue weighted by molar-refractivity contribution is 5.80. The number of hydrogen-bond acceptors (Lipinski definition) is 6. The molecule has 33 heavy (non-hydrogen) atoms. The van der Waals surface area contributed by atoms with Crippen LogP contribution in [0.5, 0.6) is 0 Å². The molecule has 0 saturated carbocycles. The molecule has 0 radical (unpaired) electrons. The molecular weight excluding hydrogens is 416 g/mol. The summed E-state index contributed by atoms with van der Waals surface area (Å²) < 4.78 is 7.53. The van der Waals surface area contributed by atoms with Crippen LogP contribution in [-0.2, 0) is 22.6 Å². The summed E-state index contributed by atoms with van der Waals surface area (Å²) in [5.41, 5.74) is 4.34. The fraction of sp³-hybridized carbons (Fsp3) is 0.480. The van der Waals surface area contributed by atoms with Gasteiger partial charge in [0.25, 0.3) is 0 Å². The molecule has 3 aromatic rings. The van der Waals surface area contributed by atoms with Gasteiger partial charge in [-0.2, -0.15) is 0 Å². The van der Waals surface area contributed by atoms with E-state index in [9.17, 15) is 4.79 Å². The van der Waals surface area contributed by atoms with Crippen molar-refractivity contribution in [3.63, 3.8) is 0 Å². The lowest BCUT2D eigenvalue weighted by Gasteiger charge is -2.28. The molecule has 1 amide bonds. The number of likely N-dealkylation sites (tertiary alicyclic amines) is 2. The molecule has 0 N–H and O–H groups in total. The SMILES string of the molecule is Cc1ccc2nc(CN3C(=O)C[C@H]4[C@@H]3CCN4Cc3ccnc(N4CCOCC4)c3)cn2c1. The summed E-state index contributed by atoms with van der Waals surface area (Å²) in [5.74, 6) is 1.27. The van der Waals surface area contributed by atoms with Crippen molar-refractivity contribution < 1.29 is 9.53 Å². The predicted octanol–water partition coefficient (Wildman–Crippen LogP) is 2.25. The van der Waals surface area contributed by atoms with E-state index in [1.54, 1.807) is 0 Å². The zero-order valence-electron chi connectivity index (χ0n) is 19.1. The molecule has 0 unspecified atom stereocenters. The smallest absolute Gasteiger partial charge is 0.224 e. The summed E-state index contributed by atoms with van der Waals surface area (Å²) in [6.07, 6.45) is 7.66. The number of anilines is 1. The third kappa shape index (κ3) is 3.98. The van der Waals surface area contributed by atoms with Crippen molar-refractivity contribution in [1.82, 2.24) is 24.2 Å². The number of ether oxygens (including phenoxy) is 1. The van der Waals surface area contributed by atoms with Gasteiger partial charge in [0.15, 0.2) is 0 Å². The summed E-state index contributed by atoms with van der Waals surface area (Å²) in [4.78, 5) is 29.1. The molecule has 172 valence electrons. The van der Waals surface area contributed by atoms with E-state index in [0.717, 1.165) is 63.0 Å². The molecule has 3 aliphatic rings. The summed E-state index contributed by atoms with van der Waals surface area (Å²) in [5, 5.41) is 0. The minimum absolute atomic E-state index is 0.242. The van der Waals surface area contributed by atoms with Gasteiger partial charge in [0.2, 0.25) is 5.91 Å². The van der Waals surface area contributed by atoms with E-state index in [1.807, 2.05) is 12.3 Å². The van der Waals surface area contributed by atoms with E-state index < -0.39 is 0 Å². The normalized spacial score (nSPS) is 23.6. The molecule has 3 saturated heterocycles. The fourth-order valence-electron chi connectivity index (χ4n) is 5.58. The number of pyridine rings is 2. The van der Waals surface area contributed by atoms with Gasteiger partial charge in [0, 0.05) is 63.3 Å². The van der Waals surface area contributed by atoms with Crippen LogP contribution in [0.3, 0.4) is 0 Å². The van der Waals surface area contributed by atoms with Gasteiger partial charge in [-0.15, -0.1) is 0 Å². The predicted molar refractivity (Wildman–Crippen MR) is 125 cm³/mol. The van der Waals surface area contributed by atoms with Crippen LogP contribution in [0, 0.1) is 6.92 Å². The quantitative estimate of drug-likeness (QED) is 0.599. The van der Waals surface area contributed by atoms with Crippen molar-refractivity contribution in [2.24, 2.45) is 0 Å². The van der Waals surface area contributed by atoms with Crippen molar-refractivity contribution in [2.75, 3.05) is 37.7 Å². The Kier molecular flexibility index (Phi) is 5.27. The van der Waals surface area contributed by atoms with Crippen molar-refractivity contribution >= 4 is 17.4 Å². The van der Waals surface area contributed by atoms with Crippen LogP contribution in [0.15, 0.2) is 42.9 Å². The van der Waals surface area contributed by atoms with Crippen LogP contribution < -0.4 is 4.90 Å². The Morgan fingerprint density at radius 3 is 2.82 bits per heavy atom. The number of aromatic nitrogens is 3. The van der Waals surface area contributed by atoms with Gasteiger partial charge >= 0.3 is 0 Å². The van der Waals surface area contributed by atoms with E-state index in [4.69, 9.17) is 9.72 Å². The Morgan fingerprint density at radius 2 is 1.94 bits per heavy atom. The van der Waals surface area contributed by atoms with Crippen molar-refractivity contribution in [2.45, 2.75) is 44.9 Å². The van der Waals surface area contributed by atoms with Gasteiger partial charge < -0.3 is 18.9 Å². The molecule has 3 aliphatic heterocycles. The molecule has 8 heteroatoms. The van der Waals surface area contributed by atoms with E-state index in [2.05, 4.69) is 61.6 Å². The zero-order chi connectivity index (χ0) is 22.4. The van der Waals surface area contributed by atoms with E-state index in [0.29, 0.717) is 13.0 Å². The number of fused-ring (bicyclic) bond motifs is 2. The number of nitrogens with zero attached hydrogens (tertiary/aromatic N) is 6. The lowest BCUT2D eigenvalue weighted by atomic mass is 10.1. The minimum atomic E-state index is 0.242. The lowest BCUT2D eigenvalue weighted by Crippen LogP contribution is -2.37. The maximum Gasteiger partial charge on any atom is 0.224 e. The first kappa shape index (κ1) is 20.6. The first-order chi connectivity index (χ1) is 16.1. The number of aryl methyl sites for hydroxylation is 1. The highest BCUT2D eigenvalue weighted by Gasteiger charge is 2.46. The molecule has 8 nitrogen and oxygen atoms in total. The van der Waals surface area contributed by atoms with Gasteiger partial charge in [-0.1, -0.05) is 6.07 Å². The Bertz CT molecular complexity index is 1170. The Labute approximate surface area is 193 Å². The van der Waals surface area contributed by atoms with Crippen LogP contribution in [0.4, 0.5) is 5.82 Å². The van der Waals surface area contributed by atoms with Crippen LogP contribution in [0.2, 0.25) is 0 Å². The second-order valence-electron chi connectivity index (χ2n) is 9.45. The first-order valence-electron chi connectivity index (χ1n) is 11.9. The molecule has 0 spiro atoms. The van der Waals surface area contributed by atoms with Gasteiger partial charge in [0.1, 0.15) is 11.5 Å². The molecule has 0 aliphatic carbocycles. The molecule has 0 aromatic carbocycles. The third-order valence-corrected chi connectivity index (χ3v) is 7.24. The van der Waals surface area contributed by atoms with E-state index in [1.165, 1.54) is 11.1 Å². The van der Waals surface area contributed by atoms with E-state index >= 15 is 0 Å². The highest BCUT2D eigenvalue weighted by atomic mass is 16.5. The zero-order valence-corrected chi connectivity index (χ0v) is 19.1. The Balaban J connectivity index is 1.15. The highest BCUT2D eigenvalue weighted by Crippen LogP contribution is 2.34. The molecule has 0 bridgehead atoms. The number of rotatable bonds is 5. The van der Waals surface area contributed by atoms with Crippen molar-refractivity contribution in [3.8, 4) is 0 Å². The Morgan fingerprint density at radius 1 is 1.06 bits per heavy atom. The number of imidazole rings is 1. The molecule has 3 aromatic heterocycles. The maximum absolute atomic E-state index is 13.0. The average molecular weight is 447 g/mol. The fourth-order valence-corrected chi connectivity index (χ4v) is 5.58. The van der Waals surface area contributed by atoms with Gasteiger partial charge in [-0.25, -0.2) is 9.97 Å². The van der Waals surface area contributed by atoms with Crippen molar-refractivity contribution in [3.05, 3.63) is 59.7 Å². The van der Waals surface area contributed by atoms with Crippen LogP contribution in [-0.4, -0.2) is 75.0 Å². The second kappa shape index (κ2) is 8.43. The number of carbonyl (C=O) groups is 1. The minimum Gasteiger partial charge on any atom is -0.378 e. The van der Waals surface area contributed by atoms with Gasteiger partial charge in [0.05, 0.1) is 25.5 Å². The first-order valence-corrected chi connectivity index (χ1v) is 11.9. The number of hydrogen-bond donors (Lipinski definition) is 0. The maximum atomic E-state index is 13.0. The summed E-state index contributed by atoms with van der Waals surface area (Å²) in [6.45, 7) is 7.82. The molecule has 6 heterocycles. The topological polar surface area (TPSA) is 66.2 Å². The largest absolute Gasteiger partial charge is 0.378 e. The van der Waals surface area contributed by atoms with Crippen LogP contribution in [0.25, 0.3) is 5.65 Å². The van der Waals surface area contributed by atoms with Crippen LogP contribution in [0.1, 0.15) is 29.7 Å². The Hall–Kier alpha value is -2.97. The molecule has 2 atom stereocenters. The number of carbonyl (C=O) groups excluding carboxylic acids is 1.